The van der Waals surface area contributed by atoms with Crippen LogP contribution in [0, 0.1) is 0 Å². The Hall–Kier alpha value is -3.72. The van der Waals surface area contributed by atoms with Crippen molar-refractivity contribution < 1.29 is 14.4 Å². The number of para-hydroxylation sites is 1. The van der Waals surface area contributed by atoms with E-state index in [0.717, 1.165) is 34.9 Å². The first-order valence-electron chi connectivity index (χ1n) is 11.1. The molecular formula is C24H26N6O3. The maximum atomic E-state index is 12.8. The monoisotopic (exact) mass is 446 g/mol. The molecule has 2 saturated heterocycles. The van der Waals surface area contributed by atoms with E-state index in [0.29, 0.717) is 19.6 Å². The summed E-state index contributed by atoms with van der Waals surface area (Å²) in [6.45, 7) is 1.21. The molecule has 3 aliphatic rings. The second-order valence-corrected chi connectivity index (χ2v) is 8.44. The summed E-state index contributed by atoms with van der Waals surface area (Å²) in [6, 6.07) is 9.37. The van der Waals surface area contributed by atoms with Crippen molar-refractivity contribution in [3.8, 4) is 0 Å². The van der Waals surface area contributed by atoms with Crippen LogP contribution in [0.4, 0.5) is 4.79 Å². The molecule has 0 bridgehead atoms. The van der Waals surface area contributed by atoms with Crippen molar-refractivity contribution in [2.45, 2.75) is 25.6 Å². The van der Waals surface area contributed by atoms with E-state index in [1.54, 1.807) is 16.1 Å². The molecule has 170 valence electrons. The number of urea groups is 1. The number of benzene rings is 1. The maximum Gasteiger partial charge on any atom is 0.329 e. The van der Waals surface area contributed by atoms with Crippen LogP contribution in [-0.4, -0.2) is 70.0 Å². The third-order valence-corrected chi connectivity index (χ3v) is 6.26. The van der Waals surface area contributed by atoms with Crippen molar-refractivity contribution >= 4 is 28.7 Å². The number of nitrogens with one attached hydrogen (secondary N) is 2. The fourth-order valence-corrected chi connectivity index (χ4v) is 4.53. The average molecular weight is 447 g/mol. The quantitative estimate of drug-likeness (QED) is 0.726. The molecule has 2 aromatic rings. The molecule has 33 heavy (non-hydrogen) atoms. The Bertz CT molecular complexity index is 1150. The largest absolute Gasteiger partial charge is 0.333 e. The predicted molar refractivity (Wildman–Crippen MR) is 122 cm³/mol. The number of amides is 4. The van der Waals surface area contributed by atoms with E-state index in [9.17, 15) is 14.4 Å². The third-order valence-electron chi connectivity index (χ3n) is 6.26. The number of hydrogen-bond donors (Lipinski definition) is 2. The number of carbonyl (C=O) groups excluding carboxylic acids is 3. The highest BCUT2D eigenvalue weighted by Crippen LogP contribution is 2.24. The third kappa shape index (κ3) is 4.45. The van der Waals surface area contributed by atoms with Crippen LogP contribution in [0.3, 0.4) is 0 Å². The molecule has 9 heteroatoms. The molecule has 4 amide bonds. The molecule has 1 atom stereocenters. The summed E-state index contributed by atoms with van der Waals surface area (Å²) in [7, 11) is 0. The lowest BCUT2D eigenvalue weighted by Gasteiger charge is -2.39. The van der Waals surface area contributed by atoms with E-state index in [4.69, 9.17) is 0 Å². The Morgan fingerprint density at radius 2 is 1.97 bits per heavy atom. The zero-order valence-corrected chi connectivity index (χ0v) is 18.2. The minimum Gasteiger partial charge on any atom is -0.333 e. The lowest BCUT2D eigenvalue weighted by atomic mass is 10.1. The molecule has 1 aromatic carbocycles. The number of pyridine rings is 1. The predicted octanol–water partition coefficient (Wildman–Crippen LogP) is 1.54. The van der Waals surface area contributed by atoms with Crippen molar-refractivity contribution in [3.05, 3.63) is 65.9 Å². The van der Waals surface area contributed by atoms with Gasteiger partial charge >= 0.3 is 6.03 Å². The first-order chi connectivity index (χ1) is 16.1. The van der Waals surface area contributed by atoms with Gasteiger partial charge in [-0.3, -0.25) is 20.0 Å². The smallest absolute Gasteiger partial charge is 0.329 e. The first kappa shape index (κ1) is 21.1. The molecule has 0 radical (unpaired) electrons. The highest BCUT2D eigenvalue weighted by Gasteiger charge is 2.44. The van der Waals surface area contributed by atoms with E-state index < -0.39 is 6.17 Å². The van der Waals surface area contributed by atoms with E-state index >= 15 is 0 Å². The zero-order valence-electron chi connectivity index (χ0n) is 18.2. The molecule has 0 unspecified atom stereocenters. The van der Waals surface area contributed by atoms with Gasteiger partial charge in [0.05, 0.1) is 18.6 Å². The van der Waals surface area contributed by atoms with Gasteiger partial charge in [-0.05, 0) is 36.1 Å². The van der Waals surface area contributed by atoms with Crippen LogP contribution in [0.5, 0.6) is 0 Å². The number of fused-ring (bicyclic) bond motifs is 2. The van der Waals surface area contributed by atoms with Gasteiger partial charge in [-0.1, -0.05) is 36.4 Å². The Morgan fingerprint density at radius 3 is 2.82 bits per heavy atom. The molecule has 9 nitrogen and oxygen atoms in total. The molecule has 5 rings (SSSR count). The van der Waals surface area contributed by atoms with Crippen LogP contribution in [0.15, 0.2) is 60.3 Å². The van der Waals surface area contributed by atoms with Crippen molar-refractivity contribution in [2.24, 2.45) is 0 Å². The van der Waals surface area contributed by atoms with Crippen molar-refractivity contribution in [1.82, 2.24) is 30.5 Å². The normalized spacial score (nSPS) is 20.7. The number of hydrazine groups is 1. The number of rotatable bonds is 5. The lowest BCUT2D eigenvalue weighted by Crippen LogP contribution is -2.61. The highest BCUT2D eigenvalue weighted by atomic mass is 16.2. The Kier molecular flexibility index (Phi) is 5.78. The van der Waals surface area contributed by atoms with E-state index in [-0.39, 0.29) is 30.9 Å². The summed E-state index contributed by atoms with van der Waals surface area (Å²) in [5.41, 5.74) is 5.74. The molecule has 1 aromatic heterocycles. The molecule has 2 fully saturated rings. The average Bonchev–Trinajstić information content (AvgIpc) is 3.12. The van der Waals surface area contributed by atoms with Gasteiger partial charge in [-0.25, -0.2) is 4.79 Å². The Labute approximate surface area is 191 Å². The number of piperazine rings is 1. The molecule has 2 N–H and O–H groups in total. The molecule has 3 heterocycles. The minimum atomic E-state index is -0.400. The van der Waals surface area contributed by atoms with Crippen LogP contribution in [0.25, 0.3) is 10.9 Å². The number of aromatic nitrogens is 1. The maximum absolute atomic E-state index is 12.8. The van der Waals surface area contributed by atoms with Crippen LogP contribution in [0.1, 0.15) is 18.4 Å². The van der Waals surface area contributed by atoms with E-state index in [1.165, 1.54) is 4.90 Å². The van der Waals surface area contributed by atoms with Crippen LogP contribution in [-0.2, 0) is 16.1 Å². The van der Waals surface area contributed by atoms with Gasteiger partial charge in [0.2, 0.25) is 11.8 Å². The second kappa shape index (κ2) is 9.03. The zero-order chi connectivity index (χ0) is 22.8. The lowest BCUT2D eigenvalue weighted by molar-refractivity contribution is -0.147. The summed E-state index contributed by atoms with van der Waals surface area (Å²) in [6.07, 6.45) is 9.55. The van der Waals surface area contributed by atoms with Gasteiger partial charge in [-0.15, -0.1) is 0 Å². The van der Waals surface area contributed by atoms with Crippen molar-refractivity contribution in [2.75, 3.05) is 26.2 Å². The number of carbonyl (C=O) groups is 3. The Morgan fingerprint density at radius 1 is 1.09 bits per heavy atom. The highest BCUT2D eigenvalue weighted by molar-refractivity contribution is 5.89. The standard InChI is InChI=1S/C24H26N6O3/c31-22-15-29-21(14-28(22)13-18-10-11-25-20-9-5-4-8-19(18)20)30(16-23(29)32)27-24(33)26-12-17-6-2-1-3-7-17/h2,4-11,21H,1,3,12-16H2,(H2,26,27,33)/t21-/m0/s1. The van der Waals surface area contributed by atoms with Crippen molar-refractivity contribution in [1.29, 1.82) is 0 Å². The van der Waals surface area contributed by atoms with Gasteiger partial charge in [0.15, 0.2) is 0 Å². The van der Waals surface area contributed by atoms with Gasteiger partial charge < -0.3 is 15.1 Å². The number of hydrogen-bond acceptors (Lipinski definition) is 5. The summed E-state index contributed by atoms with van der Waals surface area (Å²) in [5.74, 6) is -0.275. The molecule has 0 saturated carbocycles. The summed E-state index contributed by atoms with van der Waals surface area (Å²) in [5, 5.41) is 5.46. The van der Waals surface area contributed by atoms with Gasteiger partial charge in [0.25, 0.3) is 0 Å². The Balaban J connectivity index is 1.26. The van der Waals surface area contributed by atoms with E-state index in [1.807, 2.05) is 36.4 Å². The van der Waals surface area contributed by atoms with Gasteiger partial charge in [-0.2, -0.15) is 5.01 Å². The SMILES string of the molecule is O=C(NCC1=CCCC=C1)NN1CC(=O)N2CC(=O)N(Cc3ccnc4ccccc34)C[C@H]12. The van der Waals surface area contributed by atoms with Crippen LogP contribution in [0.2, 0.25) is 0 Å². The molecule has 1 aliphatic carbocycles. The molecular weight excluding hydrogens is 420 g/mol. The number of nitrogens with zero attached hydrogens (tertiary/aromatic N) is 4. The van der Waals surface area contributed by atoms with Crippen LogP contribution < -0.4 is 10.7 Å². The summed E-state index contributed by atoms with van der Waals surface area (Å²) < 4.78 is 0. The van der Waals surface area contributed by atoms with E-state index in [2.05, 4.69) is 27.9 Å². The minimum absolute atomic E-state index is 0.00396. The van der Waals surface area contributed by atoms with Gasteiger partial charge in [0.1, 0.15) is 12.7 Å². The fraction of sp³-hybridized carbons (Fsp3) is 0.333. The van der Waals surface area contributed by atoms with Gasteiger partial charge in [0, 0.05) is 24.7 Å². The number of allylic oxidation sites excluding steroid dienone is 2. The summed E-state index contributed by atoms with van der Waals surface area (Å²) >= 11 is 0. The van der Waals surface area contributed by atoms with Crippen molar-refractivity contribution in [3.63, 3.8) is 0 Å². The van der Waals surface area contributed by atoms with Crippen LogP contribution >= 0.6 is 0 Å². The summed E-state index contributed by atoms with van der Waals surface area (Å²) in [4.78, 5) is 45.5. The first-order valence-corrected chi connectivity index (χ1v) is 11.1. The molecule has 2 aliphatic heterocycles. The topological polar surface area (TPSA) is 97.9 Å². The fourth-order valence-electron chi connectivity index (χ4n) is 4.53. The molecule has 0 spiro atoms. The second-order valence-electron chi connectivity index (χ2n) is 8.44.